The summed E-state index contributed by atoms with van der Waals surface area (Å²) in [5.41, 5.74) is 1.88. The summed E-state index contributed by atoms with van der Waals surface area (Å²) in [6, 6.07) is 15.3. The molecule has 1 aliphatic heterocycles. The molecule has 0 aliphatic carbocycles. The van der Waals surface area contributed by atoms with Crippen LogP contribution in [0.2, 0.25) is 0 Å². The fraction of sp³-hybridized carbons (Fsp3) is 0.238. The number of hydrogen-bond acceptors (Lipinski definition) is 5. The SMILES string of the molecule is O=C(Cn1c(C(F)(F)F)nc2ccccc21)OCC(=O)N1CCC(c2ccccc2)=N1. The van der Waals surface area contributed by atoms with Crippen molar-refractivity contribution in [3.8, 4) is 0 Å². The lowest BCUT2D eigenvalue weighted by molar-refractivity contribution is -0.155. The lowest BCUT2D eigenvalue weighted by Gasteiger charge is -2.13. The monoisotopic (exact) mass is 430 g/mol. The number of hydrogen-bond donors (Lipinski definition) is 0. The van der Waals surface area contributed by atoms with Crippen molar-refractivity contribution in [1.82, 2.24) is 14.6 Å². The van der Waals surface area contributed by atoms with Crippen LogP contribution in [-0.2, 0) is 27.0 Å². The van der Waals surface area contributed by atoms with Crippen LogP contribution in [0.3, 0.4) is 0 Å². The molecule has 1 amide bonds. The molecule has 0 fully saturated rings. The molecule has 4 rings (SSSR count). The second-order valence-electron chi connectivity index (χ2n) is 6.85. The summed E-state index contributed by atoms with van der Waals surface area (Å²) in [5.74, 6) is -2.73. The Kier molecular flexibility index (Phi) is 5.45. The summed E-state index contributed by atoms with van der Waals surface area (Å²) in [4.78, 5) is 28.1. The highest BCUT2D eigenvalue weighted by Crippen LogP contribution is 2.31. The molecule has 1 aliphatic rings. The zero-order valence-electron chi connectivity index (χ0n) is 16.2. The Morgan fingerprint density at radius 3 is 2.48 bits per heavy atom. The Balaban J connectivity index is 1.41. The zero-order chi connectivity index (χ0) is 22.0. The molecule has 2 aromatic carbocycles. The van der Waals surface area contributed by atoms with Crippen molar-refractivity contribution in [3.05, 3.63) is 66.0 Å². The van der Waals surface area contributed by atoms with E-state index in [0.717, 1.165) is 15.8 Å². The van der Waals surface area contributed by atoms with Crippen molar-refractivity contribution in [2.24, 2.45) is 5.10 Å². The van der Waals surface area contributed by atoms with Crippen LogP contribution in [0.15, 0.2) is 59.7 Å². The molecule has 0 N–H and O–H groups in total. The maximum Gasteiger partial charge on any atom is 0.449 e. The van der Waals surface area contributed by atoms with E-state index in [1.165, 1.54) is 17.1 Å². The second kappa shape index (κ2) is 8.21. The van der Waals surface area contributed by atoms with E-state index in [0.29, 0.717) is 13.0 Å². The number of carbonyl (C=O) groups is 2. The number of carbonyl (C=O) groups excluding carboxylic acids is 2. The highest BCUT2D eigenvalue weighted by atomic mass is 19.4. The maximum atomic E-state index is 13.3. The second-order valence-corrected chi connectivity index (χ2v) is 6.85. The van der Waals surface area contributed by atoms with Gasteiger partial charge in [-0.15, -0.1) is 0 Å². The van der Waals surface area contributed by atoms with Crippen LogP contribution in [-0.4, -0.2) is 45.3 Å². The third-order valence-electron chi connectivity index (χ3n) is 4.75. The molecule has 7 nitrogen and oxygen atoms in total. The van der Waals surface area contributed by atoms with Crippen molar-refractivity contribution in [3.63, 3.8) is 0 Å². The van der Waals surface area contributed by atoms with E-state index >= 15 is 0 Å². The van der Waals surface area contributed by atoms with Gasteiger partial charge in [-0.25, -0.2) is 9.99 Å². The summed E-state index contributed by atoms with van der Waals surface area (Å²) in [7, 11) is 0. The minimum atomic E-state index is -4.74. The molecule has 0 saturated heterocycles. The lowest BCUT2D eigenvalue weighted by Crippen LogP contribution is -2.30. The van der Waals surface area contributed by atoms with Gasteiger partial charge in [0.05, 0.1) is 23.3 Å². The van der Waals surface area contributed by atoms with Crippen molar-refractivity contribution < 1.29 is 27.5 Å². The van der Waals surface area contributed by atoms with Gasteiger partial charge in [-0.3, -0.25) is 9.59 Å². The van der Waals surface area contributed by atoms with E-state index < -0.39 is 37.0 Å². The Morgan fingerprint density at radius 2 is 1.74 bits per heavy atom. The molecule has 3 aromatic rings. The molecule has 0 spiro atoms. The summed E-state index contributed by atoms with van der Waals surface area (Å²) in [5, 5.41) is 5.44. The van der Waals surface area contributed by atoms with Crippen molar-refractivity contribution >= 4 is 28.6 Å². The van der Waals surface area contributed by atoms with Gasteiger partial charge >= 0.3 is 12.1 Å². The number of imidazole rings is 1. The molecular weight excluding hydrogens is 413 g/mol. The van der Waals surface area contributed by atoms with Crippen LogP contribution >= 0.6 is 0 Å². The standard InChI is InChI=1S/C21H17F3N4O3/c22-21(23,24)20-25-16-8-4-5-9-17(16)27(20)12-19(30)31-13-18(29)28-11-10-15(26-28)14-6-2-1-3-7-14/h1-9H,10-13H2. The smallest absolute Gasteiger partial charge is 0.449 e. The molecule has 0 unspecified atom stereocenters. The minimum absolute atomic E-state index is 0.110. The Labute approximate surface area is 174 Å². The van der Waals surface area contributed by atoms with Crippen LogP contribution in [0.25, 0.3) is 11.0 Å². The first-order valence-corrected chi connectivity index (χ1v) is 9.44. The number of fused-ring (bicyclic) bond motifs is 1. The topological polar surface area (TPSA) is 76.8 Å². The maximum absolute atomic E-state index is 13.3. The predicted molar refractivity (Wildman–Crippen MR) is 105 cm³/mol. The average molecular weight is 430 g/mol. The van der Waals surface area contributed by atoms with Gasteiger partial charge in [-0.05, 0) is 17.7 Å². The zero-order valence-corrected chi connectivity index (χ0v) is 16.2. The number of halogens is 3. The van der Waals surface area contributed by atoms with Crippen molar-refractivity contribution in [1.29, 1.82) is 0 Å². The van der Waals surface area contributed by atoms with Gasteiger partial charge in [0.15, 0.2) is 6.61 Å². The Bertz CT molecular complexity index is 1160. The molecule has 1 aromatic heterocycles. The molecular formula is C21H17F3N4O3. The predicted octanol–water partition coefficient (Wildman–Crippen LogP) is 3.23. The minimum Gasteiger partial charge on any atom is -0.454 e. The first-order valence-electron chi connectivity index (χ1n) is 9.44. The molecule has 10 heteroatoms. The van der Waals surface area contributed by atoms with E-state index in [1.54, 1.807) is 12.1 Å². The fourth-order valence-corrected chi connectivity index (χ4v) is 3.31. The molecule has 0 saturated carbocycles. The Hall–Kier alpha value is -3.69. The summed E-state index contributed by atoms with van der Waals surface area (Å²) >= 11 is 0. The normalized spacial score (nSPS) is 14.0. The third-order valence-corrected chi connectivity index (χ3v) is 4.75. The quantitative estimate of drug-likeness (QED) is 0.583. The first kappa shape index (κ1) is 20.6. The van der Waals surface area contributed by atoms with E-state index in [2.05, 4.69) is 10.1 Å². The molecule has 31 heavy (non-hydrogen) atoms. The summed E-state index contributed by atoms with van der Waals surface area (Å²) in [6.07, 6.45) is -4.19. The number of alkyl halides is 3. The van der Waals surface area contributed by atoms with Gasteiger partial charge in [0.1, 0.15) is 6.54 Å². The molecule has 0 atom stereocenters. The number of hydrazone groups is 1. The van der Waals surface area contributed by atoms with Crippen LogP contribution in [0, 0.1) is 0 Å². The van der Waals surface area contributed by atoms with Crippen molar-refractivity contribution in [2.75, 3.05) is 13.2 Å². The number of benzene rings is 2. The number of esters is 1. The summed E-state index contributed by atoms with van der Waals surface area (Å²) in [6.45, 7) is -0.995. The molecule has 160 valence electrons. The van der Waals surface area contributed by atoms with Gasteiger partial charge in [0, 0.05) is 6.42 Å². The van der Waals surface area contributed by atoms with Gasteiger partial charge in [0.25, 0.3) is 5.91 Å². The van der Waals surface area contributed by atoms with E-state index in [9.17, 15) is 22.8 Å². The van der Waals surface area contributed by atoms with Crippen molar-refractivity contribution in [2.45, 2.75) is 19.1 Å². The largest absolute Gasteiger partial charge is 0.454 e. The molecule has 0 bridgehead atoms. The van der Waals surface area contributed by atoms with Gasteiger partial charge in [-0.2, -0.15) is 18.3 Å². The first-order chi connectivity index (χ1) is 14.8. The fourth-order valence-electron chi connectivity index (χ4n) is 3.31. The summed E-state index contributed by atoms with van der Waals surface area (Å²) < 4.78 is 45.6. The van der Waals surface area contributed by atoms with Gasteiger partial charge in [0.2, 0.25) is 5.82 Å². The highest BCUT2D eigenvalue weighted by Gasteiger charge is 2.38. The van der Waals surface area contributed by atoms with Crippen LogP contribution < -0.4 is 0 Å². The number of rotatable bonds is 5. The third kappa shape index (κ3) is 4.42. The van der Waals surface area contributed by atoms with Crippen LogP contribution in [0.5, 0.6) is 0 Å². The number of ether oxygens (including phenoxy) is 1. The molecule has 2 heterocycles. The van der Waals surface area contributed by atoms with E-state index in [1.807, 2.05) is 30.3 Å². The van der Waals surface area contributed by atoms with E-state index in [4.69, 9.17) is 4.74 Å². The number of aromatic nitrogens is 2. The van der Waals surface area contributed by atoms with Crippen LogP contribution in [0.4, 0.5) is 13.2 Å². The van der Waals surface area contributed by atoms with Crippen LogP contribution in [0.1, 0.15) is 17.8 Å². The number of amides is 1. The molecule has 0 radical (unpaired) electrons. The number of nitrogens with zero attached hydrogens (tertiary/aromatic N) is 4. The van der Waals surface area contributed by atoms with E-state index in [-0.39, 0.29) is 11.0 Å². The Morgan fingerprint density at radius 1 is 1.03 bits per heavy atom. The highest BCUT2D eigenvalue weighted by molar-refractivity contribution is 6.02. The lowest BCUT2D eigenvalue weighted by atomic mass is 10.1. The average Bonchev–Trinajstić information content (AvgIpc) is 3.38. The number of para-hydroxylation sites is 2. The van der Waals surface area contributed by atoms with Gasteiger partial charge < -0.3 is 9.30 Å². The van der Waals surface area contributed by atoms with Gasteiger partial charge in [-0.1, -0.05) is 42.5 Å².